The lowest BCUT2D eigenvalue weighted by molar-refractivity contribution is 0.292. The van der Waals surface area contributed by atoms with Gasteiger partial charge in [-0.3, -0.25) is 0 Å². The third kappa shape index (κ3) is 3.66. The molecule has 0 saturated heterocycles. The van der Waals surface area contributed by atoms with Crippen molar-refractivity contribution in [3.05, 3.63) is 74.6 Å². The van der Waals surface area contributed by atoms with Crippen LogP contribution >= 0.6 is 11.6 Å². The Bertz CT molecular complexity index is 962. The van der Waals surface area contributed by atoms with Crippen LogP contribution in [0.2, 0.25) is 5.02 Å². The molecule has 0 atom stereocenters. The van der Waals surface area contributed by atoms with E-state index in [1.807, 2.05) is 6.92 Å². The average Bonchev–Trinajstić information content (AvgIpc) is 2.55. The Morgan fingerprint density at radius 3 is 2.56 bits per heavy atom. The molecule has 0 saturated carbocycles. The summed E-state index contributed by atoms with van der Waals surface area (Å²) >= 11 is 6.23. The first kappa shape index (κ1) is 17.4. The quantitative estimate of drug-likeness (QED) is 0.580. The van der Waals surface area contributed by atoms with E-state index in [-0.39, 0.29) is 22.9 Å². The standard InChI is InChI=1S/C19H15ClF2O3/c1-2-4-11-7-19(23)25-17-9-18(14(20)8-12(11)17)24-10-13-15(21)5-3-6-16(13)22/h3,5-9H,2,4,10H2,1H3. The highest BCUT2D eigenvalue weighted by atomic mass is 35.5. The zero-order valence-corrected chi connectivity index (χ0v) is 14.2. The second kappa shape index (κ2) is 7.23. The van der Waals surface area contributed by atoms with Crippen LogP contribution in [0.5, 0.6) is 5.75 Å². The van der Waals surface area contributed by atoms with Gasteiger partial charge in [0.05, 0.1) is 10.6 Å². The number of hydrogen-bond donors (Lipinski definition) is 0. The summed E-state index contributed by atoms with van der Waals surface area (Å²) in [6.07, 6.45) is 1.57. The van der Waals surface area contributed by atoms with Gasteiger partial charge in [-0.2, -0.15) is 0 Å². The molecule has 0 aliphatic rings. The highest BCUT2D eigenvalue weighted by Crippen LogP contribution is 2.32. The molecule has 6 heteroatoms. The van der Waals surface area contributed by atoms with E-state index in [0.29, 0.717) is 12.0 Å². The second-order valence-corrected chi connectivity index (χ2v) is 6.02. The fourth-order valence-electron chi connectivity index (χ4n) is 2.63. The van der Waals surface area contributed by atoms with Gasteiger partial charge in [-0.15, -0.1) is 0 Å². The summed E-state index contributed by atoms with van der Waals surface area (Å²) in [5.41, 5.74) is 0.496. The molecular weight excluding hydrogens is 350 g/mol. The predicted molar refractivity (Wildman–Crippen MR) is 92.2 cm³/mol. The van der Waals surface area contributed by atoms with E-state index >= 15 is 0 Å². The minimum atomic E-state index is -0.700. The van der Waals surface area contributed by atoms with Crippen LogP contribution in [0.3, 0.4) is 0 Å². The Balaban J connectivity index is 1.97. The molecule has 2 aromatic carbocycles. The predicted octanol–water partition coefficient (Wildman–Crippen LogP) is 5.26. The van der Waals surface area contributed by atoms with Crippen molar-refractivity contribution in [2.24, 2.45) is 0 Å². The fraction of sp³-hybridized carbons (Fsp3) is 0.211. The number of aryl methyl sites for hydroxylation is 1. The van der Waals surface area contributed by atoms with Gasteiger partial charge in [0, 0.05) is 17.5 Å². The molecular formula is C19H15ClF2O3. The third-order valence-corrected chi connectivity index (χ3v) is 4.13. The third-order valence-electron chi connectivity index (χ3n) is 3.84. The first-order chi connectivity index (χ1) is 12.0. The molecule has 0 aliphatic heterocycles. The van der Waals surface area contributed by atoms with E-state index in [1.54, 1.807) is 6.07 Å². The molecule has 1 heterocycles. The van der Waals surface area contributed by atoms with Crippen molar-refractivity contribution in [1.82, 2.24) is 0 Å². The van der Waals surface area contributed by atoms with Crippen molar-refractivity contribution >= 4 is 22.6 Å². The van der Waals surface area contributed by atoms with E-state index < -0.39 is 17.3 Å². The Labute approximate surface area is 147 Å². The van der Waals surface area contributed by atoms with Crippen LogP contribution in [0.1, 0.15) is 24.5 Å². The Kier molecular flexibility index (Phi) is 5.04. The average molecular weight is 365 g/mol. The molecule has 3 rings (SSSR count). The first-order valence-corrected chi connectivity index (χ1v) is 8.19. The van der Waals surface area contributed by atoms with Crippen LogP contribution in [-0.4, -0.2) is 0 Å². The van der Waals surface area contributed by atoms with Gasteiger partial charge in [-0.25, -0.2) is 13.6 Å². The highest BCUT2D eigenvalue weighted by molar-refractivity contribution is 6.32. The number of benzene rings is 2. The van der Waals surface area contributed by atoms with E-state index in [1.165, 1.54) is 18.2 Å². The first-order valence-electron chi connectivity index (χ1n) is 7.81. The SMILES string of the molecule is CCCc1cc(=O)oc2cc(OCc3c(F)cccc3F)c(Cl)cc12. The van der Waals surface area contributed by atoms with Crippen LogP contribution in [0.15, 0.2) is 45.6 Å². The van der Waals surface area contributed by atoms with Crippen LogP contribution in [0.25, 0.3) is 11.0 Å². The van der Waals surface area contributed by atoms with Crippen LogP contribution < -0.4 is 10.4 Å². The molecule has 0 radical (unpaired) electrons. The minimum Gasteiger partial charge on any atom is -0.487 e. The van der Waals surface area contributed by atoms with Crippen molar-refractivity contribution in [2.45, 2.75) is 26.4 Å². The Hall–Kier alpha value is -2.40. The van der Waals surface area contributed by atoms with Crippen LogP contribution in [-0.2, 0) is 13.0 Å². The van der Waals surface area contributed by atoms with Gasteiger partial charge in [-0.05, 0) is 30.2 Å². The number of fused-ring (bicyclic) bond motifs is 1. The van der Waals surface area contributed by atoms with Crippen molar-refractivity contribution in [3.8, 4) is 5.75 Å². The van der Waals surface area contributed by atoms with Crippen molar-refractivity contribution < 1.29 is 17.9 Å². The lowest BCUT2D eigenvalue weighted by Crippen LogP contribution is -2.03. The molecule has 0 spiro atoms. The van der Waals surface area contributed by atoms with Gasteiger partial charge in [-0.1, -0.05) is 31.0 Å². The van der Waals surface area contributed by atoms with Crippen molar-refractivity contribution in [1.29, 1.82) is 0 Å². The molecule has 0 amide bonds. The molecule has 3 aromatic rings. The summed E-state index contributed by atoms with van der Waals surface area (Å²) in [5.74, 6) is -1.21. The van der Waals surface area contributed by atoms with Gasteiger partial charge in [0.25, 0.3) is 0 Å². The molecule has 130 valence electrons. The zero-order chi connectivity index (χ0) is 18.0. The fourth-order valence-corrected chi connectivity index (χ4v) is 2.85. The van der Waals surface area contributed by atoms with E-state index in [0.717, 1.165) is 29.5 Å². The van der Waals surface area contributed by atoms with E-state index in [2.05, 4.69) is 0 Å². The summed E-state index contributed by atoms with van der Waals surface area (Å²) in [6, 6.07) is 8.13. The molecule has 25 heavy (non-hydrogen) atoms. The topological polar surface area (TPSA) is 39.4 Å². The summed E-state index contributed by atoms with van der Waals surface area (Å²) in [4.78, 5) is 11.7. The summed E-state index contributed by atoms with van der Waals surface area (Å²) in [7, 11) is 0. The molecule has 0 bridgehead atoms. The number of hydrogen-bond acceptors (Lipinski definition) is 3. The second-order valence-electron chi connectivity index (χ2n) is 5.61. The van der Waals surface area contributed by atoms with Crippen molar-refractivity contribution in [3.63, 3.8) is 0 Å². The van der Waals surface area contributed by atoms with Crippen LogP contribution in [0.4, 0.5) is 8.78 Å². The normalized spacial score (nSPS) is 11.0. The maximum absolute atomic E-state index is 13.7. The van der Waals surface area contributed by atoms with Gasteiger partial charge in [0.15, 0.2) is 0 Å². The summed E-state index contributed by atoms with van der Waals surface area (Å²) < 4.78 is 38.0. The van der Waals surface area contributed by atoms with Crippen LogP contribution in [0, 0.1) is 11.6 Å². The number of rotatable bonds is 5. The number of halogens is 3. The summed E-state index contributed by atoms with van der Waals surface area (Å²) in [6.45, 7) is 1.67. The lowest BCUT2D eigenvalue weighted by Gasteiger charge is -2.11. The maximum atomic E-state index is 13.7. The monoisotopic (exact) mass is 364 g/mol. The summed E-state index contributed by atoms with van der Waals surface area (Å²) in [5, 5.41) is 0.992. The van der Waals surface area contributed by atoms with Gasteiger partial charge < -0.3 is 9.15 Å². The van der Waals surface area contributed by atoms with E-state index in [9.17, 15) is 13.6 Å². The Morgan fingerprint density at radius 2 is 1.88 bits per heavy atom. The highest BCUT2D eigenvalue weighted by Gasteiger charge is 2.13. The molecule has 3 nitrogen and oxygen atoms in total. The lowest BCUT2D eigenvalue weighted by atomic mass is 10.1. The molecule has 1 aromatic heterocycles. The van der Waals surface area contributed by atoms with Crippen molar-refractivity contribution in [2.75, 3.05) is 0 Å². The smallest absolute Gasteiger partial charge is 0.336 e. The van der Waals surface area contributed by atoms with E-state index in [4.69, 9.17) is 20.8 Å². The maximum Gasteiger partial charge on any atom is 0.336 e. The Morgan fingerprint density at radius 1 is 1.16 bits per heavy atom. The van der Waals surface area contributed by atoms with Gasteiger partial charge in [0.2, 0.25) is 0 Å². The minimum absolute atomic E-state index is 0.189. The molecule has 0 N–H and O–H groups in total. The largest absolute Gasteiger partial charge is 0.487 e. The zero-order valence-electron chi connectivity index (χ0n) is 13.4. The van der Waals surface area contributed by atoms with Gasteiger partial charge >= 0.3 is 5.63 Å². The number of ether oxygens (including phenoxy) is 1. The molecule has 0 aliphatic carbocycles. The molecule has 0 fully saturated rings. The van der Waals surface area contributed by atoms with Gasteiger partial charge in [0.1, 0.15) is 29.6 Å². The molecule has 0 unspecified atom stereocenters.